The lowest BCUT2D eigenvalue weighted by Gasteiger charge is -2.11. The van der Waals surface area contributed by atoms with Crippen molar-refractivity contribution in [1.29, 1.82) is 0 Å². The minimum atomic E-state index is -0.672. The van der Waals surface area contributed by atoms with Gasteiger partial charge in [-0.2, -0.15) is 0 Å². The van der Waals surface area contributed by atoms with Gasteiger partial charge in [0.05, 0.1) is 5.56 Å². The van der Waals surface area contributed by atoms with E-state index in [1.54, 1.807) is 42.5 Å². The Morgan fingerprint density at radius 1 is 1.08 bits per heavy atom. The third kappa shape index (κ3) is 4.84. The number of benzene rings is 2. The molecule has 2 rings (SSSR count). The van der Waals surface area contributed by atoms with Crippen molar-refractivity contribution in [3.63, 3.8) is 0 Å². The van der Waals surface area contributed by atoms with Gasteiger partial charge in [-0.15, -0.1) is 0 Å². The van der Waals surface area contributed by atoms with Crippen LogP contribution in [0.2, 0.25) is 0 Å². The first-order chi connectivity index (χ1) is 11.5. The molecule has 0 aliphatic carbocycles. The van der Waals surface area contributed by atoms with E-state index in [4.69, 9.17) is 10.5 Å². The van der Waals surface area contributed by atoms with E-state index in [9.17, 15) is 14.4 Å². The van der Waals surface area contributed by atoms with Crippen LogP contribution in [0.3, 0.4) is 0 Å². The molecule has 4 N–H and O–H groups in total. The van der Waals surface area contributed by atoms with Gasteiger partial charge in [0.15, 0.2) is 6.61 Å². The lowest BCUT2D eigenvalue weighted by molar-refractivity contribution is -0.121. The Hall–Kier alpha value is -3.35. The minimum Gasteiger partial charge on any atom is -0.483 e. The number of ether oxygens (including phenoxy) is 1. The number of imide groups is 1. The molecule has 0 atom stereocenters. The van der Waals surface area contributed by atoms with E-state index in [0.717, 1.165) is 5.56 Å². The molecule has 0 aliphatic heterocycles. The number of rotatable bonds is 5. The van der Waals surface area contributed by atoms with Crippen molar-refractivity contribution < 1.29 is 19.1 Å². The van der Waals surface area contributed by atoms with Crippen molar-refractivity contribution in [2.75, 3.05) is 11.9 Å². The van der Waals surface area contributed by atoms with Gasteiger partial charge in [-0.3, -0.25) is 14.9 Å². The van der Waals surface area contributed by atoms with Gasteiger partial charge >= 0.3 is 6.03 Å². The number of aryl methyl sites for hydroxylation is 1. The molecule has 0 fully saturated rings. The molecule has 0 aromatic heterocycles. The predicted molar refractivity (Wildman–Crippen MR) is 88.8 cm³/mol. The quantitative estimate of drug-likeness (QED) is 0.778. The van der Waals surface area contributed by atoms with Crippen LogP contribution in [0.15, 0.2) is 48.5 Å². The molecule has 0 bridgehead atoms. The Morgan fingerprint density at radius 2 is 1.79 bits per heavy atom. The molecule has 2 aromatic carbocycles. The molecule has 7 nitrogen and oxygen atoms in total. The van der Waals surface area contributed by atoms with Gasteiger partial charge in [-0.05, 0) is 36.8 Å². The molecular formula is C17H17N3O4. The highest BCUT2D eigenvalue weighted by atomic mass is 16.5. The summed E-state index contributed by atoms with van der Waals surface area (Å²) in [6.45, 7) is 1.39. The van der Waals surface area contributed by atoms with E-state index in [1.165, 1.54) is 6.07 Å². The SMILES string of the molecule is Cc1ccc(C(N)=O)c(OCC(=O)NC(=O)Nc2ccccc2)c1. The zero-order chi connectivity index (χ0) is 17.5. The maximum absolute atomic E-state index is 11.8. The van der Waals surface area contributed by atoms with Crippen molar-refractivity contribution in [3.05, 3.63) is 59.7 Å². The number of nitrogens with two attached hydrogens (primary N) is 1. The Kier molecular flexibility index (Phi) is 5.51. The molecule has 0 spiro atoms. The largest absolute Gasteiger partial charge is 0.483 e. The Morgan fingerprint density at radius 3 is 2.46 bits per heavy atom. The van der Waals surface area contributed by atoms with E-state index in [1.807, 2.05) is 6.92 Å². The fourth-order valence-corrected chi connectivity index (χ4v) is 1.94. The molecule has 0 radical (unpaired) electrons. The van der Waals surface area contributed by atoms with Crippen LogP contribution in [0.1, 0.15) is 15.9 Å². The molecule has 4 amide bonds. The number of carbonyl (C=O) groups excluding carboxylic acids is 3. The number of anilines is 1. The molecule has 0 aliphatic rings. The molecule has 0 saturated carbocycles. The van der Waals surface area contributed by atoms with Crippen LogP contribution in [-0.4, -0.2) is 24.5 Å². The lowest BCUT2D eigenvalue weighted by atomic mass is 10.1. The molecule has 124 valence electrons. The summed E-state index contributed by atoms with van der Waals surface area (Å²) >= 11 is 0. The van der Waals surface area contributed by atoms with E-state index < -0.39 is 24.5 Å². The normalized spacial score (nSPS) is 9.88. The van der Waals surface area contributed by atoms with E-state index >= 15 is 0 Å². The first kappa shape index (κ1) is 17.0. The average molecular weight is 327 g/mol. The monoisotopic (exact) mass is 327 g/mol. The van der Waals surface area contributed by atoms with E-state index in [2.05, 4.69) is 10.6 Å². The summed E-state index contributed by atoms with van der Waals surface area (Å²) in [4.78, 5) is 34.8. The number of primary amides is 1. The number of nitrogens with one attached hydrogen (secondary N) is 2. The summed E-state index contributed by atoms with van der Waals surface area (Å²) in [6.07, 6.45) is 0. The highest BCUT2D eigenvalue weighted by molar-refractivity contribution is 6.01. The third-order valence-electron chi connectivity index (χ3n) is 3.05. The van der Waals surface area contributed by atoms with Gasteiger partial charge in [-0.25, -0.2) is 4.79 Å². The number of urea groups is 1. The average Bonchev–Trinajstić information content (AvgIpc) is 2.53. The maximum atomic E-state index is 11.8. The van der Waals surface area contributed by atoms with Crippen LogP contribution < -0.4 is 21.1 Å². The number of hydrogen-bond donors (Lipinski definition) is 3. The second-order valence-electron chi connectivity index (χ2n) is 5.02. The number of carbonyl (C=O) groups is 3. The van der Waals surface area contributed by atoms with Gasteiger partial charge in [0, 0.05) is 5.69 Å². The standard InChI is InChI=1S/C17H17N3O4/c1-11-7-8-13(16(18)22)14(9-11)24-10-15(21)20-17(23)19-12-5-3-2-4-6-12/h2-9H,10H2,1H3,(H2,18,22)(H2,19,20,21,23). The molecule has 0 unspecified atom stereocenters. The molecule has 24 heavy (non-hydrogen) atoms. The third-order valence-corrected chi connectivity index (χ3v) is 3.05. The summed E-state index contributed by atoms with van der Waals surface area (Å²) in [5.74, 6) is -1.12. The maximum Gasteiger partial charge on any atom is 0.325 e. The van der Waals surface area contributed by atoms with Crippen LogP contribution in [-0.2, 0) is 4.79 Å². The highest BCUT2D eigenvalue weighted by Gasteiger charge is 2.13. The van der Waals surface area contributed by atoms with Gasteiger partial charge in [-0.1, -0.05) is 24.3 Å². The second-order valence-corrected chi connectivity index (χ2v) is 5.02. The predicted octanol–water partition coefficient (Wildman–Crippen LogP) is 1.82. The summed E-state index contributed by atoms with van der Waals surface area (Å²) in [7, 11) is 0. The van der Waals surface area contributed by atoms with Gasteiger partial charge in [0.25, 0.3) is 11.8 Å². The van der Waals surface area contributed by atoms with E-state index in [0.29, 0.717) is 5.69 Å². The number of hydrogen-bond acceptors (Lipinski definition) is 4. The first-order valence-corrected chi connectivity index (χ1v) is 7.15. The molecule has 0 heterocycles. The van der Waals surface area contributed by atoms with Crippen LogP contribution in [0.4, 0.5) is 10.5 Å². The lowest BCUT2D eigenvalue weighted by Crippen LogP contribution is -2.37. The Labute approximate surface area is 138 Å². The summed E-state index contributed by atoms with van der Waals surface area (Å²) in [5.41, 5.74) is 6.82. The second kappa shape index (κ2) is 7.77. The van der Waals surface area contributed by atoms with Crippen LogP contribution >= 0.6 is 0 Å². The summed E-state index contributed by atoms with van der Waals surface area (Å²) < 4.78 is 5.30. The van der Waals surface area contributed by atoms with E-state index in [-0.39, 0.29) is 11.3 Å². The first-order valence-electron chi connectivity index (χ1n) is 7.15. The van der Waals surface area contributed by atoms with Crippen molar-refractivity contribution in [1.82, 2.24) is 5.32 Å². The van der Waals surface area contributed by atoms with Crippen molar-refractivity contribution in [2.45, 2.75) is 6.92 Å². The fourth-order valence-electron chi connectivity index (χ4n) is 1.94. The Bertz CT molecular complexity index is 760. The van der Waals surface area contributed by atoms with Crippen LogP contribution in [0, 0.1) is 6.92 Å². The zero-order valence-electron chi connectivity index (χ0n) is 13.0. The molecule has 2 aromatic rings. The van der Waals surface area contributed by atoms with Crippen molar-refractivity contribution >= 4 is 23.5 Å². The van der Waals surface area contributed by atoms with Gasteiger partial charge in [0.1, 0.15) is 5.75 Å². The topological polar surface area (TPSA) is 111 Å². The molecular weight excluding hydrogens is 310 g/mol. The fraction of sp³-hybridized carbons (Fsp3) is 0.118. The van der Waals surface area contributed by atoms with Crippen molar-refractivity contribution in [3.8, 4) is 5.75 Å². The minimum absolute atomic E-state index is 0.169. The van der Waals surface area contributed by atoms with Crippen molar-refractivity contribution in [2.24, 2.45) is 5.73 Å². The smallest absolute Gasteiger partial charge is 0.325 e. The zero-order valence-corrected chi connectivity index (χ0v) is 13.0. The van der Waals surface area contributed by atoms with Gasteiger partial charge in [0.2, 0.25) is 0 Å². The highest BCUT2D eigenvalue weighted by Crippen LogP contribution is 2.19. The summed E-state index contributed by atoms with van der Waals surface area (Å²) in [5, 5.41) is 4.64. The Balaban J connectivity index is 1.90. The molecule has 0 saturated heterocycles. The molecule has 7 heteroatoms. The van der Waals surface area contributed by atoms with Crippen LogP contribution in [0.5, 0.6) is 5.75 Å². The van der Waals surface area contributed by atoms with Crippen LogP contribution in [0.25, 0.3) is 0 Å². The summed E-state index contributed by atoms with van der Waals surface area (Å²) in [6, 6.07) is 12.8. The number of para-hydroxylation sites is 1. The number of amides is 4. The van der Waals surface area contributed by atoms with Gasteiger partial charge < -0.3 is 15.8 Å².